The van der Waals surface area contributed by atoms with E-state index in [9.17, 15) is 19.5 Å². The summed E-state index contributed by atoms with van der Waals surface area (Å²) in [5.74, 6) is -1.51. The minimum absolute atomic E-state index is 0.123. The maximum absolute atomic E-state index is 12.9. The van der Waals surface area contributed by atoms with Crippen LogP contribution in [0, 0.1) is 5.92 Å². The summed E-state index contributed by atoms with van der Waals surface area (Å²) >= 11 is 0. The Bertz CT molecular complexity index is 667. The fraction of sp³-hybridized carbons (Fsp3) is 0.571. The highest BCUT2D eigenvalue weighted by Gasteiger charge is 2.33. The molecule has 7 heteroatoms. The fourth-order valence-electron chi connectivity index (χ4n) is 2.67. The molecule has 0 aliphatic carbocycles. The summed E-state index contributed by atoms with van der Waals surface area (Å²) in [7, 11) is 1.49. The van der Waals surface area contributed by atoms with Gasteiger partial charge in [-0.25, -0.2) is 9.59 Å². The minimum atomic E-state index is -1.12. The van der Waals surface area contributed by atoms with Gasteiger partial charge in [0.1, 0.15) is 17.7 Å². The van der Waals surface area contributed by atoms with E-state index in [2.05, 4.69) is 5.32 Å². The van der Waals surface area contributed by atoms with Gasteiger partial charge in [-0.05, 0) is 38.7 Å². The molecule has 0 spiro atoms. The Morgan fingerprint density at radius 2 is 1.71 bits per heavy atom. The van der Waals surface area contributed by atoms with Gasteiger partial charge in [-0.3, -0.25) is 9.69 Å². The van der Waals surface area contributed by atoms with Crippen molar-refractivity contribution in [3.05, 3.63) is 35.9 Å². The van der Waals surface area contributed by atoms with Crippen molar-refractivity contribution < 1.29 is 24.2 Å². The Labute approximate surface area is 167 Å². The number of nitrogens with zero attached hydrogens (tertiary/aromatic N) is 1. The molecule has 0 aromatic heterocycles. The monoisotopic (exact) mass is 392 g/mol. The van der Waals surface area contributed by atoms with E-state index in [1.807, 2.05) is 32.0 Å². The number of nitrogens with one attached hydrogen (secondary N) is 1. The second-order valence-electron chi connectivity index (χ2n) is 8.33. The van der Waals surface area contributed by atoms with Gasteiger partial charge in [0.05, 0.1) is 0 Å². The number of carboxylic acid groups (broad SMARTS) is 1. The summed E-state index contributed by atoms with van der Waals surface area (Å²) in [6, 6.07) is 7.17. The molecule has 2 N–H and O–H groups in total. The van der Waals surface area contributed by atoms with E-state index < -0.39 is 35.7 Å². The zero-order chi connectivity index (χ0) is 21.5. The van der Waals surface area contributed by atoms with Crippen LogP contribution in [-0.4, -0.2) is 52.7 Å². The van der Waals surface area contributed by atoms with Gasteiger partial charge < -0.3 is 15.2 Å². The number of carboxylic acids is 1. The van der Waals surface area contributed by atoms with Crippen LogP contribution in [0.4, 0.5) is 4.79 Å². The van der Waals surface area contributed by atoms with Gasteiger partial charge in [-0.1, -0.05) is 44.2 Å². The maximum atomic E-state index is 12.9. The number of rotatable bonds is 8. The topological polar surface area (TPSA) is 95.9 Å². The van der Waals surface area contributed by atoms with E-state index in [1.165, 1.54) is 11.9 Å². The Balaban J connectivity index is 2.94. The van der Waals surface area contributed by atoms with Crippen LogP contribution in [-0.2, 0) is 20.7 Å². The molecule has 0 saturated carbocycles. The highest BCUT2D eigenvalue weighted by atomic mass is 16.6. The summed E-state index contributed by atoms with van der Waals surface area (Å²) in [6.45, 7) is 9.10. The van der Waals surface area contributed by atoms with E-state index in [4.69, 9.17) is 4.74 Å². The number of hydrogen-bond donors (Lipinski definition) is 2. The normalized spacial score (nSPS) is 13.5. The molecule has 1 aromatic rings. The van der Waals surface area contributed by atoms with Crippen molar-refractivity contribution in [3.63, 3.8) is 0 Å². The first-order chi connectivity index (χ1) is 12.9. The largest absolute Gasteiger partial charge is 0.480 e. The summed E-state index contributed by atoms with van der Waals surface area (Å²) in [6.07, 6.45) is -0.0747. The maximum Gasteiger partial charge on any atom is 0.410 e. The lowest BCUT2D eigenvalue weighted by Crippen LogP contribution is -2.53. The number of hydrogen-bond acceptors (Lipinski definition) is 4. The number of ether oxygens (including phenoxy) is 1. The van der Waals surface area contributed by atoms with E-state index in [0.717, 1.165) is 5.56 Å². The third kappa shape index (κ3) is 7.98. The summed E-state index contributed by atoms with van der Waals surface area (Å²) < 4.78 is 5.35. The van der Waals surface area contributed by atoms with Gasteiger partial charge in [0.2, 0.25) is 5.91 Å². The van der Waals surface area contributed by atoms with Crippen molar-refractivity contribution in [1.82, 2.24) is 10.2 Å². The number of carbonyl (C=O) groups is 3. The van der Waals surface area contributed by atoms with Crippen molar-refractivity contribution >= 4 is 18.0 Å². The number of carbonyl (C=O) groups excluding carboxylic acids is 2. The predicted octanol–water partition coefficient (Wildman–Crippen LogP) is 3.08. The van der Waals surface area contributed by atoms with Crippen molar-refractivity contribution in [2.75, 3.05) is 7.05 Å². The molecule has 0 bridgehead atoms. The molecule has 2 atom stereocenters. The van der Waals surface area contributed by atoms with Crippen LogP contribution in [0.25, 0.3) is 0 Å². The van der Waals surface area contributed by atoms with Crippen molar-refractivity contribution in [2.24, 2.45) is 5.92 Å². The van der Waals surface area contributed by atoms with Gasteiger partial charge in [-0.15, -0.1) is 0 Å². The highest BCUT2D eigenvalue weighted by molar-refractivity contribution is 5.89. The summed E-state index contributed by atoms with van der Waals surface area (Å²) in [5.41, 5.74) is 0.109. The first kappa shape index (κ1) is 23.5. The van der Waals surface area contributed by atoms with Crippen LogP contribution >= 0.6 is 0 Å². The number of aliphatic carboxylic acids is 1. The Kier molecular flexibility index (Phi) is 8.47. The lowest BCUT2D eigenvalue weighted by molar-refractivity contribution is -0.142. The third-order valence-electron chi connectivity index (χ3n) is 4.04. The molecule has 2 amide bonds. The molecule has 0 radical (unpaired) electrons. The number of likely N-dealkylation sites (N-methyl/N-ethyl adjacent to an activating group) is 1. The van der Waals surface area contributed by atoms with Crippen LogP contribution in [0.1, 0.15) is 46.6 Å². The average Bonchev–Trinajstić information content (AvgIpc) is 2.57. The van der Waals surface area contributed by atoms with Gasteiger partial charge in [0.15, 0.2) is 0 Å². The van der Waals surface area contributed by atoms with Gasteiger partial charge >= 0.3 is 12.1 Å². The molecule has 0 unspecified atom stereocenters. The Hall–Kier alpha value is -2.57. The molecule has 0 heterocycles. The van der Waals surface area contributed by atoms with E-state index in [1.54, 1.807) is 32.9 Å². The van der Waals surface area contributed by atoms with Crippen molar-refractivity contribution in [3.8, 4) is 0 Å². The molecule has 1 aromatic carbocycles. The van der Waals surface area contributed by atoms with Crippen LogP contribution < -0.4 is 5.32 Å². The highest BCUT2D eigenvalue weighted by Crippen LogP contribution is 2.16. The van der Waals surface area contributed by atoms with Crippen LogP contribution in [0.15, 0.2) is 30.3 Å². The molecule has 0 aliphatic heterocycles. The predicted molar refractivity (Wildman–Crippen MR) is 107 cm³/mol. The van der Waals surface area contributed by atoms with E-state index >= 15 is 0 Å². The van der Waals surface area contributed by atoms with Gasteiger partial charge in [0, 0.05) is 13.5 Å². The van der Waals surface area contributed by atoms with Gasteiger partial charge in [-0.2, -0.15) is 0 Å². The smallest absolute Gasteiger partial charge is 0.410 e. The lowest BCUT2D eigenvalue weighted by atomic mass is 10.0. The molecule has 1 rings (SSSR count). The molecular formula is C21H32N2O5. The van der Waals surface area contributed by atoms with Crippen LogP contribution in [0.3, 0.4) is 0 Å². The minimum Gasteiger partial charge on any atom is -0.480 e. The number of amides is 2. The standard InChI is InChI=1S/C21H32N2O5/c1-14(2)12-17(23(6)20(27)28-21(3,4)5)18(24)22-16(19(25)26)13-15-10-8-7-9-11-15/h7-11,14,16-17H,12-13H2,1-6H3,(H,22,24)(H,25,26)/t16-,17-/m0/s1. The molecular weight excluding hydrogens is 360 g/mol. The van der Waals surface area contributed by atoms with Crippen LogP contribution in [0.2, 0.25) is 0 Å². The second-order valence-corrected chi connectivity index (χ2v) is 8.33. The van der Waals surface area contributed by atoms with Crippen molar-refractivity contribution in [1.29, 1.82) is 0 Å². The SMILES string of the molecule is CC(C)C[C@@H](C(=O)N[C@@H](Cc1ccccc1)C(=O)O)N(C)C(=O)OC(C)(C)C. The molecule has 0 aliphatic rings. The Morgan fingerprint density at radius 1 is 1.14 bits per heavy atom. The second kappa shape index (κ2) is 10.1. The fourth-order valence-corrected chi connectivity index (χ4v) is 2.67. The number of benzene rings is 1. The zero-order valence-corrected chi connectivity index (χ0v) is 17.6. The van der Waals surface area contributed by atoms with Gasteiger partial charge in [0.25, 0.3) is 0 Å². The van der Waals surface area contributed by atoms with Crippen LogP contribution in [0.5, 0.6) is 0 Å². The third-order valence-corrected chi connectivity index (χ3v) is 4.04. The first-order valence-electron chi connectivity index (χ1n) is 9.43. The summed E-state index contributed by atoms with van der Waals surface area (Å²) in [4.78, 5) is 38.2. The summed E-state index contributed by atoms with van der Waals surface area (Å²) in [5, 5.41) is 12.1. The molecule has 7 nitrogen and oxygen atoms in total. The quantitative estimate of drug-likeness (QED) is 0.709. The van der Waals surface area contributed by atoms with E-state index in [0.29, 0.717) is 6.42 Å². The van der Waals surface area contributed by atoms with Crippen molar-refractivity contribution in [2.45, 2.75) is 65.1 Å². The average molecular weight is 392 g/mol. The first-order valence-corrected chi connectivity index (χ1v) is 9.43. The molecule has 0 fully saturated rings. The zero-order valence-electron chi connectivity index (χ0n) is 17.6. The van der Waals surface area contributed by atoms with E-state index in [-0.39, 0.29) is 12.3 Å². The Morgan fingerprint density at radius 3 is 2.18 bits per heavy atom. The molecule has 28 heavy (non-hydrogen) atoms. The lowest BCUT2D eigenvalue weighted by Gasteiger charge is -2.31. The molecule has 156 valence electrons. The molecule has 0 saturated heterocycles.